The Labute approximate surface area is 78.7 Å². The number of carbonyl (C=O) groups excluding carboxylic acids is 1. The van der Waals surface area contributed by atoms with Crippen LogP contribution >= 0.6 is 0 Å². The summed E-state index contributed by atoms with van der Waals surface area (Å²) in [6.07, 6.45) is 3.28. The lowest BCUT2D eigenvalue weighted by atomic mass is 10.2. The smallest absolute Gasteiger partial charge is 0.334 e. The lowest BCUT2D eigenvalue weighted by Gasteiger charge is -2.18. The van der Waals surface area contributed by atoms with Crippen LogP contribution in [0, 0.1) is 0 Å². The predicted molar refractivity (Wildman–Crippen MR) is 49.1 cm³/mol. The second-order valence-corrected chi connectivity index (χ2v) is 4.10. The van der Waals surface area contributed by atoms with Crippen molar-refractivity contribution in [3.8, 4) is 0 Å². The Kier molecular flexibility index (Phi) is 2.96. The minimum Gasteiger partial charge on any atom is -0.498 e. The zero-order valence-electron chi connectivity index (χ0n) is 8.42. The molecule has 0 saturated carbocycles. The summed E-state index contributed by atoms with van der Waals surface area (Å²) in [7, 11) is 0. The molecule has 1 rings (SSSR count). The summed E-state index contributed by atoms with van der Waals surface area (Å²) in [6, 6.07) is 0. The molecule has 1 saturated heterocycles. The third-order valence-corrected chi connectivity index (χ3v) is 1.54. The molecule has 74 valence electrons. The average molecular weight is 184 g/mol. The molecule has 13 heavy (non-hydrogen) atoms. The van der Waals surface area contributed by atoms with Crippen LogP contribution in [0.5, 0.6) is 0 Å². The predicted octanol–water partition coefficient (Wildman–Crippen LogP) is 2.02. The Morgan fingerprint density at radius 2 is 2.23 bits per heavy atom. The number of carbonyl (C=O) groups is 1. The van der Waals surface area contributed by atoms with Gasteiger partial charge in [0, 0.05) is 6.42 Å². The van der Waals surface area contributed by atoms with E-state index in [-0.39, 0.29) is 5.97 Å². The van der Waals surface area contributed by atoms with Crippen molar-refractivity contribution in [2.24, 2.45) is 0 Å². The molecule has 0 aliphatic carbocycles. The quantitative estimate of drug-likeness (QED) is 0.462. The van der Waals surface area contributed by atoms with Crippen LogP contribution in [0.4, 0.5) is 0 Å². The monoisotopic (exact) mass is 184 g/mol. The van der Waals surface area contributed by atoms with Crippen molar-refractivity contribution < 1.29 is 14.3 Å². The van der Waals surface area contributed by atoms with E-state index in [9.17, 15) is 4.79 Å². The highest BCUT2D eigenvalue weighted by atomic mass is 16.6. The van der Waals surface area contributed by atoms with E-state index in [1.165, 1.54) is 6.08 Å². The first-order valence-corrected chi connectivity index (χ1v) is 4.54. The van der Waals surface area contributed by atoms with Crippen LogP contribution in [0.25, 0.3) is 0 Å². The number of hydrogen-bond donors (Lipinski definition) is 0. The molecule has 0 bridgehead atoms. The summed E-state index contributed by atoms with van der Waals surface area (Å²) in [5.74, 6) is 0.429. The van der Waals surface area contributed by atoms with Crippen LogP contribution < -0.4 is 0 Å². The Balaban J connectivity index is 2.45. The van der Waals surface area contributed by atoms with Crippen molar-refractivity contribution in [1.82, 2.24) is 0 Å². The number of allylic oxidation sites excluding steroid dienone is 1. The first-order valence-electron chi connectivity index (χ1n) is 4.54. The SMILES string of the molecule is CC(C)(C)OC(=O)C=C1CCCO1. The number of ether oxygens (including phenoxy) is 2. The largest absolute Gasteiger partial charge is 0.498 e. The molecule has 0 N–H and O–H groups in total. The number of rotatable bonds is 1. The minimum absolute atomic E-state index is 0.315. The van der Waals surface area contributed by atoms with Gasteiger partial charge in [0.15, 0.2) is 0 Å². The van der Waals surface area contributed by atoms with Gasteiger partial charge in [0.25, 0.3) is 0 Å². The fraction of sp³-hybridized carbons (Fsp3) is 0.700. The van der Waals surface area contributed by atoms with Gasteiger partial charge in [-0.15, -0.1) is 0 Å². The maximum atomic E-state index is 11.2. The van der Waals surface area contributed by atoms with Crippen LogP contribution in [0.2, 0.25) is 0 Å². The van der Waals surface area contributed by atoms with Crippen LogP contribution in [0.15, 0.2) is 11.8 Å². The van der Waals surface area contributed by atoms with Crippen molar-refractivity contribution in [2.75, 3.05) is 6.61 Å². The third-order valence-electron chi connectivity index (χ3n) is 1.54. The molecule has 0 unspecified atom stereocenters. The molecule has 0 spiro atoms. The Hall–Kier alpha value is -0.990. The van der Waals surface area contributed by atoms with E-state index in [0.29, 0.717) is 6.61 Å². The molecular weight excluding hydrogens is 168 g/mol. The third kappa shape index (κ3) is 3.97. The van der Waals surface area contributed by atoms with Gasteiger partial charge < -0.3 is 9.47 Å². The maximum absolute atomic E-state index is 11.2. The summed E-state index contributed by atoms with van der Waals surface area (Å²) < 4.78 is 10.3. The highest BCUT2D eigenvalue weighted by Gasteiger charge is 2.16. The average Bonchev–Trinajstić information content (AvgIpc) is 2.34. The topological polar surface area (TPSA) is 35.5 Å². The molecule has 1 heterocycles. The maximum Gasteiger partial charge on any atom is 0.334 e. The summed E-state index contributed by atoms with van der Waals surface area (Å²) in [5, 5.41) is 0. The van der Waals surface area contributed by atoms with Gasteiger partial charge in [-0.1, -0.05) is 0 Å². The standard InChI is InChI=1S/C10H16O3/c1-10(2,3)13-9(11)7-8-5-4-6-12-8/h7H,4-6H2,1-3H3. The molecule has 0 aromatic carbocycles. The zero-order chi connectivity index (χ0) is 9.90. The molecule has 0 atom stereocenters. The Morgan fingerprint density at radius 1 is 1.54 bits per heavy atom. The first kappa shape index (κ1) is 10.1. The van der Waals surface area contributed by atoms with Gasteiger partial charge in [-0.3, -0.25) is 0 Å². The van der Waals surface area contributed by atoms with Crippen LogP contribution in [0.1, 0.15) is 33.6 Å². The zero-order valence-corrected chi connectivity index (χ0v) is 8.42. The Morgan fingerprint density at radius 3 is 2.69 bits per heavy atom. The normalized spacial score (nSPS) is 20.1. The summed E-state index contributed by atoms with van der Waals surface area (Å²) >= 11 is 0. The van der Waals surface area contributed by atoms with Crippen LogP contribution in [0.3, 0.4) is 0 Å². The molecule has 3 heteroatoms. The number of hydrogen-bond acceptors (Lipinski definition) is 3. The summed E-state index contributed by atoms with van der Waals surface area (Å²) in [5.41, 5.74) is -0.424. The molecule has 3 nitrogen and oxygen atoms in total. The fourth-order valence-corrected chi connectivity index (χ4v) is 1.10. The van der Waals surface area contributed by atoms with Crippen molar-refractivity contribution in [3.05, 3.63) is 11.8 Å². The molecule has 1 aliphatic heterocycles. The second-order valence-electron chi connectivity index (χ2n) is 4.10. The van der Waals surface area contributed by atoms with Crippen molar-refractivity contribution >= 4 is 5.97 Å². The summed E-state index contributed by atoms with van der Waals surface area (Å²) in [4.78, 5) is 11.2. The molecule has 0 aromatic heterocycles. The van der Waals surface area contributed by atoms with Crippen molar-refractivity contribution in [1.29, 1.82) is 0 Å². The van der Waals surface area contributed by atoms with E-state index in [1.54, 1.807) is 0 Å². The van der Waals surface area contributed by atoms with Gasteiger partial charge in [-0.05, 0) is 27.2 Å². The molecule has 1 fully saturated rings. The molecule has 1 aliphatic rings. The van der Waals surface area contributed by atoms with Crippen LogP contribution in [-0.4, -0.2) is 18.2 Å². The van der Waals surface area contributed by atoms with Gasteiger partial charge in [0.05, 0.1) is 12.7 Å². The van der Waals surface area contributed by atoms with E-state index in [4.69, 9.17) is 9.47 Å². The van der Waals surface area contributed by atoms with E-state index in [0.717, 1.165) is 18.6 Å². The van der Waals surface area contributed by atoms with Gasteiger partial charge in [0.2, 0.25) is 0 Å². The van der Waals surface area contributed by atoms with Crippen LogP contribution in [-0.2, 0) is 14.3 Å². The molecule has 0 amide bonds. The van der Waals surface area contributed by atoms with E-state index in [1.807, 2.05) is 20.8 Å². The lowest BCUT2D eigenvalue weighted by Crippen LogP contribution is -2.22. The van der Waals surface area contributed by atoms with Gasteiger partial charge >= 0.3 is 5.97 Å². The first-order chi connectivity index (χ1) is 5.97. The summed E-state index contributed by atoms with van der Waals surface area (Å²) in [6.45, 7) is 6.26. The van der Waals surface area contributed by atoms with E-state index < -0.39 is 5.60 Å². The van der Waals surface area contributed by atoms with Gasteiger partial charge in [-0.25, -0.2) is 4.79 Å². The van der Waals surface area contributed by atoms with E-state index >= 15 is 0 Å². The molecule has 0 aromatic rings. The number of esters is 1. The van der Waals surface area contributed by atoms with Gasteiger partial charge in [-0.2, -0.15) is 0 Å². The lowest BCUT2D eigenvalue weighted by molar-refractivity contribution is -0.148. The molecule has 0 radical (unpaired) electrons. The van der Waals surface area contributed by atoms with Crippen molar-refractivity contribution in [3.63, 3.8) is 0 Å². The van der Waals surface area contributed by atoms with Gasteiger partial charge in [0.1, 0.15) is 11.4 Å². The van der Waals surface area contributed by atoms with E-state index in [2.05, 4.69) is 0 Å². The Bertz CT molecular complexity index is 215. The highest BCUT2D eigenvalue weighted by molar-refractivity contribution is 5.82. The fourth-order valence-electron chi connectivity index (χ4n) is 1.10. The highest BCUT2D eigenvalue weighted by Crippen LogP contribution is 2.16. The van der Waals surface area contributed by atoms with Crippen molar-refractivity contribution in [2.45, 2.75) is 39.2 Å². The second kappa shape index (κ2) is 3.81. The molecular formula is C10H16O3. The minimum atomic E-state index is -0.424.